The maximum absolute atomic E-state index is 5.17. The third kappa shape index (κ3) is 8.68. The van der Waals surface area contributed by atoms with Crippen LogP contribution in [0.25, 0.3) is 0 Å². The van der Waals surface area contributed by atoms with Crippen LogP contribution in [0.4, 0.5) is 0 Å². The minimum atomic E-state index is 0.548. The summed E-state index contributed by atoms with van der Waals surface area (Å²) < 4.78 is 10.1. The maximum Gasteiger partial charge on any atom is 0.0525 e. The van der Waals surface area contributed by atoms with Crippen molar-refractivity contribution in [2.75, 3.05) is 20.3 Å². The van der Waals surface area contributed by atoms with Gasteiger partial charge in [0.15, 0.2) is 0 Å². The van der Waals surface area contributed by atoms with Crippen LogP contribution in [-0.2, 0) is 9.26 Å². The van der Waals surface area contributed by atoms with Gasteiger partial charge in [0.2, 0.25) is 0 Å². The number of unbranched alkanes of at least 4 members (excludes halogenated alkanes) is 1. The molecule has 0 N–H and O–H groups in total. The second kappa shape index (κ2) is 11.2. The third-order valence-electron chi connectivity index (χ3n) is 2.08. The van der Waals surface area contributed by atoms with Crippen LogP contribution in [0.1, 0.15) is 32.6 Å². The van der Waals surface area contributed by atoms with Gasteiger partial charge in [-0.05, 0) is 19.3 Å². The summed E-state index contributed by atoms with van der Waals surface area (Å²) in [5, 5.41) is 0. The van der Waals surface area contributed by atoms with E-state index >= 15 is 0 Å². The summed E-state index contributed by atoms with van der Waals surface area (Å²) in [6.07, 6.45) is 9.14. The molecule has 0 aromatic heterocycles. The van der Waals surface area contributed by atoms with Crippen molar-refractivity contribution in [3.63, 3.8) is 0 Å². The standard InChI is InChI=1S/C11H23O2P/c1-3-4-5-7-11(10-12-2)8-6-9-13-14/h5,7,11H,3-4,6,8-10,14H2,1-2H3. The molecule has 0 amide bonds. The van der Waals surface area contributed by atoms with Crippen molar-refractivity contribution in [2.24, 2.45) is 5.92 Å². The van der Waals surface area contributed by atoms with E-state index in [9.17, 15) is 0 Å². The molecule has 0 radical (unpaired) electrons. The van der Waals surface area contributed by atoms with Crippen LogP contribution >= 0.6 is 9.47 Å². The van der Waals surface area contributed by atoms with Crippen LogP contribution in [0.5, 0.6) is 0 Å². The number of ether oxygens (including phenoxy) is 1. The Morgan fingerprint density at radius 3 is 2.79 bits per heavy atom. The van der Waals surface area contributed by atoms with E-state index in [1.807, 2.05) is 0 Å². The van der Waals surface area contributed by atoms with Crippen LogP contribution in [-0.4, -0.2) is 20.3 Å². The first-order valence-electron chi connectivity index (χ1n) is 5.32. The molecule has 0 aliphatic carbocycles. The molecule has 0 saturated heterocycles. The second-order valence-electron chi connectivity index (χ2n) is 3.45. The normalized spacial score (nSPS) is 13.6. The van der Waals surface area contributed by atoms with Crippen molar-refractivity contribution in [2.45, 2.75) is 32.6 Å². The van der Waals surface area contributed by atoms with Crippen molar-refractivity contribution < 1.29 is 9.26 Å². The maximum atomic E-state index is 5.17. The highest BCUT2D eigenvalue weighted by atomic mass is 31.0. The molecule has 0 aliphatic rings. The van der Waals surface area contributed by atoms with Gasteiger partial charge in [0, 0.05) is 22.5 Å². The lowest BCUT2D eigenvalue weighted by Gasteiger charge is -2.10. The molecule has 2 nitrogen and oxygen atoms in total. The Morgan fingerprint density at radius 1 is 1.43 bits per heavy atom. The Balaban J connectivity index is 3.64. The third-order valence-corrected chi connectivity index (χ3v) is 2.32. The van der Waals surface area contributed by atoms with Gasteiger partial charge in [0.25, 0.3) is 0 Å². The zero-order valence-electron chi connectivity index (χ0n) is 9.37. The van der Waals surface area contributed by atoms with Crippen LogP contribution in [0.15, 0.2) is 12.2 Å². The highest BCUT2D eigenvalue weighted by Gasteiger charge is 2.03. The van der Waals surface area contributed by atoms with E-state index in [2.05, 4.69) is 28.5 Å². The molecule has 14 heavy (non-hydrogen) atoms. The molecule has 3 heteroatoms. The van der Waals surface area contributed by atoms with Crippen LogP contribution in [0, 0.1) is 5.92 Å². The minimum absolute atomic E-state index is 0.548. The monoisotopic (exact) mass is 218 g/mol. The summed E-state index contributed by atoms with van der Waals surface area (Å²) >= 11 is 0. The molecular weight excluding hydrogens is 195 g/mol. The van der Waals surface area contributed by atoms with Gasteiger partial charge in [0.1, 0.15) is 0 Å². The lowest BCUT2D eigenvalue weighted by molar-refractivity contribution is 0.162. The van der Waals surface area contributed by atoms with Crippen molar-refractivity contribution in [1.29, 1.82) is 0 Å². The Morgan fingerprint density at radius 2 is 2.21 bits per heavy atom. The second-order valence-corrected chi connectivity index (χ2v) is 3.78. The summed E-state index contributed by atoms with van der Waals surface area (Å²) in [6, 6.07) is 0. The van der Waals surface area contributed by atoms with Gasteiger partial charge in [-0.1, -0.05) is 25.5 Å². The fraction of sp³-hybridized carbons (Fsp3) is 0.818. The number of rotatable bonds is 9. The molecule has 0 spiro atoms. The van der Waals surface area contributed by atoms with Crippen molar-refractivity contribution in [3.05, 3.63) is 12.2 Å². The van der Waals surface area contributed by atoms with Gasteiger partial charge >= 0.3 is 0 Å². The molecule has 0 saturated carbocycles. The Labute approximate surface area is 90.3 Å². The molecule has 0 rings (SSSR count). The molecule has 0 aromatic rings. The summed E-state index contributed by atoms with van der Waals surface area (Å²) in [5.74, 6) is 0.548. The van der Waals surface area contributed by atoms with Crippen LogP contribution in [0.2, 0.25) is 0 Å². The predicted molar refractivity (Wildman–Crippen MR) is 64.3 cm³/mol. The zero-order chi connectivity index (χ0) is 10.6. The quantitative estimate of drug-likeness (QED) is 0.336. The summed E-state index contributed by atoms with van der Waals surface area (Å²) in [6.45, 7) is 3.82. The predicted octanol–water partition coefficient (Wildman–Crippen LogP) is 3.19. The van der Waals surface area contributed by atoms with E-state index in [-0.39, 0.29) is 0 Å². The fourth-order valence-corrected chi connectivity index (χ4v) is 1.50. The Hall–Kier alpha value is 0.0900. The van der Waals surface area contributed by atoms with Crippen molar-refractivity contribution >= 4 is 9.47 Å². The lowest BCUT2D eigenvalue weighted by Crippen LogP contribution is -2.06. The molecule has 2 unspecified atom stereocenters. The fourth-order valence-electron chi connectivity index (χ4n) is 1.33. The smallest absolute Gasteiger partial charge is 0.0525 e. The van der Waals surface area contributed by atoms with Gasteiger partial charge in [-0.2, -0.15) is 0 Å². The van der Waals surface area contributed by atoms with Gasteiger partial charge in [-0.3, -0.25) is 0 Å². The lowest BCUT2D eigenvalue weighted by atomic mass is 10.0. The van der Waals surface area contributed by atoms with E-state index in [4.69, 9.17) is 9.26 Å². The summed E-state index contributed by atoms with van der Waals surface area (Å²) in [4.78, 5) is 0. The Kier molecular flexibility index (Phi) is 11.2. The summed E-state index contributed by atoms with van der Waals surface area (Å²) in [7, 11) is 4.04. The molecule has 0 fully saturated rings. The molecule has 0 aliphatic heterocycles. The van der Waals surface area contributed by atoms with Crippen molar-refractivity contribution in [3.8, 4) is 0 Å². The number of allylic oxidation sites excluding steroid dienone is 1. The molecule has 2 atom stereocenters. The molecule has 0 aromatic carbocycles. The first kappa shape index (κ1) is 14.1. The van der Waals surface area contributed by atoms with E-state index in [1.165, 1.54) is 12.8 Å². The van der Waals surface area contributed by atoms with E-state index in [0.717, 1.165) is 26.1 Å². The number of methoxy groups -OCH3 is 1. The van der Waals surface area contributed by atoms with E-state index in [1.54, 1.807) is 7.11 Å². The topological polar surface area (TPSA) is 18.5 Å². The average molecular weight is 218 g/mol. The number of hydrogen-bond acceptors (Lipinski definition) is 2. The Bertz CT molecular complexity index is 137. The molecular formula is C11H23O2P. The molecule has 0 heterocycles. The number of hydrogen-bond donors (Lipinski definition) is 0. The SMILES string of the molecule is CCCC=CC(CCCOP)COC. The minimum Gasteiger partial charge on any atom is -0.384 e. The van der Waals surface area contributed by atoms with Gasteiger partial charge in [-0.15, -0.1) is 0 Å². The first-order chi connectivity index (χ1) is 6.85. The van der Waals surface area contributed by atoms with Gasteiger partial charge < -0.3 is 9.26 Å². The van der Waals surface area contributed by atoms with Crippen LogP contribution in [0.3, 0.4) is 0 Å². The van der Waals surface area contributed by atoms with Crippen molar-refractivity contribution in [1.82, 2.24) is 0 Å². The largest absolute Gasteiger partial charge is 0.384 e. The van der Waals surface area contributed by atoms with Gasteiger partial charge in [0.05, 0.1) is 13.2 Å². The van der Waals surface area contributed by atoms with E-state index in [0.29, 0.717) is 5.92 Å². The molecule has 0 bridgehead atoms. The van der Waals surface area contributed by atoms with Gasteiger partial charge in [-0.25, -0.2) is 0 Å². The van der Waals surface area contributed by atoms with Crippen LogP contribution < -0.4 is 0 Å². The summed E-state index contributed by atoms with van der Waals surface area (Å²) in [5.41, 5.74) is 0. The van der Waals surface area contributed by atoms with E-state index < -0.39 is 0 Å². The zero-order valence-corrected chi connectivity index (χ0v) is 10.5. The highest BCUT2D eigenvalue weighted by Crippen LogP contribution is 2.10. The first-order valence-corrected chi connectivity index (χ1v) is 5.79. The average Bonchev–Trinajstić information content (AvgIpc) is 2.18. The molecule has 84 valence electrons. The highest BCUT2D eigenvalue weighted by molar-refractivity contribution is 7.09.